The SMILES string of the molecule is CC(C1CCOC1)N(CC(=O)O)C1CCCC1. The summed E-state index contributed by atoms with van der Waals surface area (Å²) in [6, 6.07) is 0.804. The second-order valence-corrected chi connectivity index (χ2v) is 5.37. The molecule has 1 saturated carbocycles. The van der Waals surface area contributed by atoms with Gasteiger partial charge in [-0.15, -0.1) is 0 Å². The van der Waals surface area contributed by atoms with Gasteiger partial charge in [0, 0.05) is 18.7 Å². The van der Waals surface area contributed by atoms with E-state index >= 15 is 0 Å². The number of carbonyl (C=O) groups is 1. The third-order valence-electron chi connectivity index (χ3n) is 4.28. The summed E-state index contributed by atoms with van der Waals surface area (Å²) < 4.78 is 5.42. The maximum Gasteiger partial charge on any atom is 0.317 e. The summed E-state index contributed by atoms with van der Waals surface area (Å²) in [4.78, 5) is 13.2. The molecular weight excluding hydrogens is 218 g/mol. The highest BCUT2D eigenvalue weighted by atomic mass is 16.5. The highest BCUT2D eigenvalue weighted by Crippen LogP contribution is 2.29. The van der Waals surface area contributed by atoms with Crippen LogP contribution in [0.2, 0.25) is 0 Å². The van der Waals surface area contributed by atoms with E-state index in [1.807, 2.05) is 0 Å². The average molecular weight is 241 g/mol. The Morgan fingerprint density at radius 1 is 1.41 bits per heavy atom. The summed E-state index contributed by atoms with van der Waals surface area (Å²) in [7, 11) is 0. The lowest BCUT2D eigenvalue weighted by molar-refractivity contribution is -0.140. The van der Waals surface area contributed by atoms with Crippen molar-refractivity contribution in [1.29, 1.82) is 0 Å². The molecule has 17 heavy (non-hydrogen) atoms. The predicted octanol–water partition coefficient (Wildman–Crippen LogP) is 1.74. The number of carboxylic acid groups (broad SMARTS) is 1. The lowest BCUT2D eigenvalue weighted by Gasteiger charge is -2.36. The summed E-state index contributed by atoms with van der Waals surface area (Å²) in [6.07, 6.45) is 5.88. The smallest absolute Gasteiger partial charge is 0.317 e. The first kappa shape index (κ1) is 12.8. The van der Waals surface area contributed by atoms with Crippen molar-refractivity contribution in [1.82, 2.24) is 4.90 Å². The van der Waals surface area contributed by atoms with Crippen molar-refractivity contribution >= 4 is 5.97 Å². The summed E-state index contributed by atoms with van der Waals surface area (Å²) in [5.74, 6) is -0.197. The van der Waals surface area contributed by atoms with Crippen molar-refractivity contribution in [2.45, 2.75) is 51.1 Å². The Morgan fingerprint density at radius 3 is 2.65 bits per heavy atom. The van der Waals surface area contributed by atoms with Crippen LogP contribution in [0.3, 0.4) is 0 Å². The van der Waals surface area contributed by atoms with Crippen molar-refractivity contribution in [3.05, 3.63) is 0 Å². The van der Waals surface area contributed by atoms with E-state index in [0.717, 1.165) is 32.5 Å². The van der Waals surface area contributed by atoms with E-state index in [1.54, 1.807) is 0 Å². The minimum atomic E-state index is -0.706. The molecule has 0 bridgehead atoms. The maximum absolute atomic E-state index is 11.0. The van der Waals surface area contributed by atoms with Gasteiger partial charge in [0.25, 0.3) is 0 Å². The Hall–Kier alpha value is -0.610. The molecule has 1 saturated heterocycles. The van der Waals surface area contributed by atoms with Crippen LogP contribution >= 0.6 is 0 Å². The molecule has 0 radical (unpaired) electrons. The van der Waals surface area contributed by atoms with Gasteiger partial charge in [-0.25, -0.2) is 0 Å². The van der Waals surface area contributed by atoms with Crippen LogP contribution in [-0.2, 0) is 9.53 Å². The monoisotopic (exact) mass is 241 g/mol. The Bertz CT molecular complexity index is 257. The third-order valence-corrected chi connectivity index (χ3v) is 4.28. The largest absolute Gasteiger partial charge is 0.480 e. The molecule has 4 heteroatoms. The van der Waals surface area contributed by atoms with Crippen molar-refractivity contribution in [3.8, 4) is 0 Å². The Balaban J connectivity index is 1.99. The van der Waals surface area contributed by atoms with Crippen LogP contribution in [0.15, 0.2) is 0 Å². The normalized spacial score (nSPS) is 27.8. The number of nitrogens with zero attached hydrogens (tertiary/aromatic N) is 1. The number of hydrogen-bond donors (Lipinski definition) is 1. The molecule has 0 aromatic carbocycles. The van der Waals surface area contributed by atoms with Crippen molar-refractivity contribution < 1.29 is 14.6 Å². The van der Waals surface area contributed by atoms with Gasteiger partial charge in [-0.3, -0.25) is 9.69 Å². The Morgan fingerprint density at radius 2 is 2.12 bits per heavy atom. The maximum atomic E-state index is 11.0. The Kier molecular flexibility index (Phi) is 4.40. The lowest BCUT2D eigenvalue weighted by Crippen LogP contribution is -2.47. The van der Waals surface area contributed by atoms with Gasteiger partial charge < -0.3 is 9.84 Å². The molecule has 4 nitrogen and oxygen atoms in total. The van der Waals surface area contributed by atoms with Gasteiger partial charge in [0.05, 0.1) is 13.2 Å². The number of carboxylic acids is 1. The first-order chi connectivity index (χ1) is 8.18. The van der Waals surface area contributed by atoms with Gasteiger partial charge in [0.1, 0.15) is 0 Å². The number of hydrogen-bond acceptors (Lipinski definition) is 3. The van der Waals surface area contributed by atoms with Gasteiger partial charge in [-0.2, -0.15) is 0 Å². The molecule has 0 aromatic heterocycles. The van der Waals surface area contributed by atoms with E-state index < -0.39 is 5.97 Å². The Labute approximate surface area is 103 Å². The molecule has 0 aromatic rings. The van der Waals surface area contributed by atoms with Crippen molar-refractivity contribution in [3.63, 3.8) is 0 Å². The summed E-state index contributed by atoms with van der Waals surface area (Å²) >= 11 is 0. The molecule has 2 fully saturated rings. The average Bonchev–Trinajstić information content (AvgIpc) is 2.96. The van der Waals surface area contributed by atoms with E-state index in [4.69, 9.17) is 9.84 Å². The number of aliphatic carboxylic acids is 1. The number of ether oxygens (including phenoxy) is 1. The molecule has 2 atom stereocenters. The molecule has 0 amide bonds. The summed E-state index contributed by atoms with van der Waals surface area (Å²) in [5.41, 5.74) is 0. The van der Waals surface area contributed by atoms with Crippen LogP contribution < -0.4 is 0 Å². The zero-order valence-electron chi connectivity index (χ0n) is 10.6. The summed E-state index contributed by atoms with van der Waals surface area (Å²) in [5, 5.41) is 9.06. The fourth-order valence-corrected chi connectivity index (χ4v) is 3.20. The molecule has 2 rings (SSSR count). The van der Waals surface area contributed by atoms with Crippen LogP contribution in [0.5, 0.6) is 0 Å². The van der Waals surface area contributed by atoms with E-state index in [1.165, 1.54) is 12.8 Å². The fourth-order valence-electron chi connectivity index (χ4n) is 3.20. The molecule has 1 N–H and O–H groups in total. The lowest BCUT2D eigenvalue weighted by atomic mass is 9.97. The van der Waals surface area contributed by atoms with Crippen molar-refractivity contribution in [2.75, 3.05) is 19.8 Å². The highest BCUT2D eigenvalue weighted by Gasteiger charge is 2.33. The highest BCUT2D eigenvalue weighted by molar-refractivity contribution is 5.69. The quantitative estimate of drug-likeness (QED) is 0.796. The van der Waals surface area contributed by atoms with Gasteiger partial charge in [0.2, 0.25) is 0 Å². The van der Waals surface area contributed by atoms with E-state index in [9.17, 15) is 4.79 Å². The topological polar surface area (TPSA) is 49.8 Å². The van der Waals surface area contributed by atoms with Gasteiger partial charge in [-0.1, -0.05) is 12.8 Å². The van der Waals surface area contributed by atoms with Crippen LogP contribution in [-0.4, -0.2) is 47.8 Å². The minimum absolute atomic E-state index is 0.183. The van der Waals surface area contributed by atoms with Gasteiger partial charge >= 0.3 is 5.97 Å². The predicted molar refractivity (Wildman–Crippen MR) is 65.0 cm³/mol. The van der Waals surface area contributed by atoms with E-state index in [0.29, 0.717) is 18.0 Å². The second kappa shape index (κ2) is 5.83. The molecular formula is C13H23NO3. The van der Waals surface area contributed by atoms with Crippen LogP contribution in [0.4, 0.5) is 0 Å². The molecule has 1 aliphatic heterocycles. The van der Waals surface area contributed by atoms with Crippen LogP contribution in [0.25, 0.3) is 0 Å². The zero-order valence-corrected chi connectivity index (χ0v) is 10.6. The van der Waals surface area contributed by atoms with Gasteiger partial charge in [-0.05, 0) is 32.1 Å². The minimum Gasteiger partial charge on any atom is -0.480 e. The van der Waals surface area contributed by atoms with E-state index in [2.05, 4.69) is 11.8 Å². The standard InChI is InChI=1S/C13H23NO3/c1-10(11-6-7-17-9-11)14(8-13(15)16)12-4-2-3-5-12/h10-12H,2-9H2,1H3,(H,15,16). The molecule has 1 aliphatic carbocycles. The van der Waals surface area contributed by atoms with Crippen molar-refractivity contribution in [2.24, 2.45) is 5.92 Å². The van der Waals surface area contributed by atoms with E-state index in [-0.39, 0.29) is 6.54 Å². The molecule has 98 valence electrons. The second-order valence-electron chi connectivity index (χ2n) is 5.37. The molecule has 2 unspecified atom stereocenters. The molecule has 1 heterocycles. The number of rotatable bonds is 5. The first-order valence-electron chi connectivity index (χ1n) is 6.73. The third kappa shape index (κ3) is 3.19. The fraction of sp³-hybridized carbons (Fsp3) is 0.923. The molecule has 2 aliphatic rings. The summed E-state index contributed by atoms with van der Waals surface area (Å²) in [6.45, 7) is 3.98. The first-order valence-corrected chi connectivity index (χ1v) is 6.73. The molecule has 0 spiro atoms. The van der Waals surface area contributed by atoms with Crippen LogP contribution in [0.1, 0.15) is 39.0 Å². The zero-order chi connectivity index (χ0) is 12.3. The van der Waals surface area contributed by atoms with Gasteiger partial charge in [0.15, 0.2) is 0 Å². The van der Waals surface area contributed by atoms with Crippen LogP contribution in [0, 0.1) is 5.92 Å².